The second-order valence-corrected chi connectivity index (χ2v) is 20.0. The molecule has 0 spiro atoms. The first-order valence-electron chi connectivity index (χ1n) is 16.2. The molecule has 0 bridgehead atoms. The number of hydrogen-bond donors (Lipinski definition) is 2. The Bertz CT molecular complexity index is 1920. The average Bonchev–Trinajstić information content (AvgIpc) is 3.43. The molecule has 2 fully saturated rings. The number of benzene rings is 1. The molecule has 51 heavy (non-hydrogen) atoms. The van der Waals surface area contributed by atoms with Crippen molar-refractivity contribution in [1.29, 1.82) is 0 Å². The van der Waals surface area contributed by atoms with Crippen molar-refractivity contribution in [2.75, 3.05) is 31.1 Å². The van der Waals surface area contributed by atoms with E-state index in [2.05, 4.69) is 46.5 Å². The number of sulfonamides is 2. The molecule has 1 atom stereocenters. The Morgan fingerprint density at radius 1 is 1.00 bits per heavy atom. The van der Waals surface area contributed by atoms with E-state index >= 15 is 0 Å². The van der Waals surface area contributed by atoms with Gasteiger partial charge in [-0.3, -0.25) is 4.79 Å². The zero-order chi connectivity index (χ0) is 37.1. The van der Waals surface area contributed by atoms with Crippen LogP contribution in [0.1, 0.15) is 56.1 Å². The quantitative estimate of drug-likeness (QED) is 0.177. The highest BCUT2D eigenvalue weighted by atomic mass is 79.9. The summed E-state index contributed by atoms with van der Waals surface area (Å²) in [6, 6.07) is 5.28. The number of alkyl halides is 3. The monoisotopic (exact) mass is 918 g/mol. The lowest BCUT2D eigenvalue weighted by molar-refractivity contribution is -0.139. The largest absolute Gasteiger partial charge is 0.480 e. The number of carboxylic acids is 1. The number of thiophene rings is 1. The van der Waals surface area contributed by atoms with E-state index in [0.29, 0.717) is 44.0 Å². The van der Waals surface area contributed by atoms with Crippen molar-refractivity contribution in [3.8, 4) is 0 Å². The van der Waals surface area contributed by atoms with Crippen LogP contribution in [0.2, 0.25) is 4.34 Å². The summed E-state index contributed by atoms with van der Waals surface area (Å²) >= 11 is 13.8. The number of pyridine rings is 1. The van der Waals surface area contributed by atoms with E-state index in [0.717, 1.165) is 93.8 Å². The molecule has 2 aliphatic rings. The first-order valence-corrected chi connectivity index (χ1v) is 21.9. The summed E-state index contributed by atoms with van der Waals surface area (Å²) in [5.41, 5.74) is -0.944. The Morgan fingerprint density at radius 3 is 2.18 bits per heavy atom. The fourth-order valence-electron chi connectivity index (χ4n) is 6.49. The lowest BCUT2D eigenvalue weighted by Crippen LogP contribution is -2.42. The van der Waals surface area contributed by atoms with Crippen molar-refractivity contribution in [3.05, 3.63) is 67.0 Å². The molecule has 5 rings (SSSR count). The number of nitrogens with one attached hydrogen (secondary N) is 1. The minimum atomic E-state index is -4.63. The molecule has 2 N–H and O–H groups in total. The number of aliphatic carboxylic acids is 1. The molecule has 0 aliphatic carbocycles. The summed E-state index contributed by atoms with van der Waals surface area (Å²) in [6.45, 7) is 2.43. The van der Waals surface area contributed by atoms with Gasteiger partial charge < -0.3 is 10.0 Å². The SMILES string of the molecule is O=C(O)C(Cc1cccc(C(F)(F)F)c1)NS(=O)(=O)c1cnc(N2CCC(CCCC3CCN(S(=O)(=O)c4cc(Br)c(Cl)s4)CC3)CC2)c(Br)c1. The predicted octanol–water partition coefficient (Wildman–Crippen LogP) is 7.80. The standard InChI is InChI=1S/C32H36Br2ClF3N4O6S3/c33-25-18-28(49-29(25)35)51(47,48)42-13-9-21(10-14-42)4-1-3-20-7-11-41(12-8-20)30-26(34)17-24(19-39-30)50(45,46)40-27(31(43)44)16-22-5-2-6-23(15-22)32(36,37)38/h2,5-6,15,17-21,27,40H,1,3-4,7-14,16H2,(H,43,44). The molecule has 1 aromatic carbocycles. The van der Waals surface area contributed by atoms with Gasteiger partial charge in [-0.05, 0) is 99.6 Å². The molecule has 2 aromatic heterocycles. The first-order chi connectivity index (χ1) is 23.9. The van der Waals surface area contributed by atoms with Crippen LogP contribution >= 0.6 is 54.8 Å². The maximum absolute atomic E-state index is 13.1. The molecule has 2 aliphatic heterocycles. The molecular weight excluding hydrogens is 885 g/mol. The number of nitrogens with zero attached hydrogens (tertiary/aromatic N) is 3. The molecule has 4 heterocycles. The van der Waals surface area contributed by atoms with Crippen molar-refractivity contribution in [2.24, 2.45) is 11.8 Å². The maximum Gasteiger partial charge on any atom is 0.416 e. The highest BCUT2D eigenvalue weighted by Gasteiger charge is 2.33. The van der Waals surface area contributed by atoms with E-state index < -0.39 is 50.2 Å². The van der Waals surface area contributed by atoms with E-state index in [4.69, 9.17) is 11.6 Å². The van der Waals surface area contributed by atoms with Crippen molar-refractivity contribution in [3.63, 3.8) is 0 Å². The van der Waals surface area contributed by atoms with E-state index in [1.165, 1.54) is 12.1 Å². The third-order valence-corrected chi connectivity index (χ3v) is 16.2. The van der Waals surface area contributed by atoms with Gasteiger partial charge in [-0.25, -0.2) is 21.8 Å². The van der Waals surface area contributed by atoms with Gasteiger partial charge in [-0.2, -0.15) is 22.2 Å². The van der Waals surface area contributed by atoms with Crippen LogP contribution in [0.25, 0.3) is 0 Å². The van der Waals surface area contributed by atoms with Crippen LogP contribution in [0.5, 0.6) is 0 Å². The summed E-state index contributed by atoms with van der Waals surface area (Å²) in [5.74, 6) is 0.0279. The summed E-state index contributed by atoms with van der Waals surface area (Å²) in [7, 11) is -7.94. The minimum Gasteiger partial charge on any atom is -0.480 e. The van der Waals surface area contributed by atoms with Crippen LogP contribution in [0, 0.1) is 11.8 Å². The molecule has 0 radical (unpaired) electrons. The molecule has 10 nitrogen and oxygen atoms in total. The molecule has 19 heteroatoms. The number of anilines is 1. The topological polar surface area (TPSA) is 137 Å². The van der Waals surface area contributed by atoms with E-state index in [9.17, 15) is 39.9 Å². The Morgan fingerprint density at radius 2 is 1.63 bits per heavy atom. The Labute approximate surface area is 321 Å². The van der Waals surface area contributed by atoms with Gasteiger partial charge in [-0.15, -0.1) is 11.3 Å². The lowest BCUT2D eigenvalue weighted by atomic mass is 9.87. The summed E-state index contributed by atoms with van der Waals surface area (Å²) in [5, 5.41) is 9.66. The summed E-state index contributed by atoms with van der Waals surface area (Å²) in [4.78, 5) is 18.0. The van der Waals surface area contributed by atoms with Crippen molar-refractivity contribution >= 4 is 86.6 Å². The van der Waals surface area contributed by atoms with Crippen LogP contribution in [0.3, 0.4) is 0 Å². The highest BCUT2D eigenvalue weighted by Crippen LogP contribution is 2.38. The predicted molar refractivity (Wildman–Crippen MR) is 196 cm³/mol. The lowest BCUT2D eigenvalue weighted by Gasteiger charge is -2.34. The van der Waals surface area contributed by atoms with E-state index in [-0.39, 0.29) is 14.7 Å². The Hall–Kier alpha value is -1.80. The van der Waals surface area contributed by atoms with Crippen LogP contribution in [-0.4, -0.2) is 69.4 Å². The van der Waals surface area contributed by atoms with Gasteiger partial charge in [0.05, 0.1) is 10.0 Å². The second-order valence-electron chi connectivity index (χ2n) is 12.8. The number of piperidine rings is 2. The van der Waals surface area contributed by atoms with Gasteiger partial charge in [0.15, 0.2) is 0 Å². The Kier molecular flexibility index (Phi) is 13.2. The molecule has 2 saturated heterocycles. The van der Waals surface area contributed by atoms with Gasteiger partial charge in [0.2, 0.25) is 10.0 Å². The maximum atomic E-state index is 13.1. The molecule has 3 aromatic rings. The van der Waals surface area contributed by atoms with Crippen molar-refractivity contribution < 1.29 is 39.9 Å². The Balaban J connectivity index is 1.08. The fraction of sp³-hybridized carbons (Fsp3) is 0.500. The van der Waals surface area contributed by atoms with Crippen molar-refractivity contribution in [2.45, 2.75) is 72.7 Å². The fourth-order valence-corrected chi connectivity index (χ4v) is 12.3. The number of carboxylic acid groups (broad SMARTS) is 1. The first kappa shape index (κ1) is 40.4. The number of halogens is 6. The third kappa shape index (κ3) is 10.2. The summed E-state index contributed by atoms with van der Waals surface area (Å²) < 4.78 is 96.9. The zero-order valence-electron chi connectivity index (χ0n) is 27.1. The smallest absolute Gasteiger partial charge is 0.416 e. The van der Waals surface area contributed by atoms with Crippen LogP contribution < -0.4 is 9.62 Å². The molecule has 0 saturated carbocycles. The number of aromatic nitrogens is 1. The highest BCUT2D eigenvalue weighted by molar-refractivity contribution is 9.11. The van der Waals surface area contributed by atoms with Gasteiger partial charge in [0.1, 0.15) is 25.3 Å². The number of rotatable bonds is 13. The average molecular weight is 921 g/mol. The van der Waals surface area contributed by atoms with Crippen LogP contribution in [0.4, 0.5) is 19.0 Å². The number of hydrogen-bond acceptors (Lipinski definition) is 8. The van der Waals surface area contributed by atoms with E-state index in [1.807, 2.05) is 0 Å². The van der Waals surface area contributed by atoms with Gasteiger partial charge in [0, 0.05) is 36.8 Å². The minimum absolute atomic E-state index is 0.0153. The van der Waals surface area contributed by atoms with Gasteiger partial charge in [0.25, 0.3) is 10.0 Å². The second kappa shape index (κ2) is 16.7. The van der Waals surface area contributed by atoms with E-state index in [1.54, 1.807) is 10.4 Å². The number of carbonyl (C=O) groups is 1. The zero-order valence-corrected chi connectivity index (χ0v) is 33.5. The molecule has 1 unspecified atom stereocenters. The molecule has 0 amide bonds. The normalized spacial score (nSPS) is 17.9. The van der Waals surface area contributed by atoms with Gasteiger partial charge >= 0.3 is 12.1 Å². The summed E-state index contributed by atoms with van der Waals surface area (Å²) in [6.07, 6.45) is 2.71. The van der Waals surface area contributed by atoms with Crippen LogP contribution in [-0.2, 0) is 37.4 Å². The van der Waals surface area contributed by atoms with Crippen molar-refractivity contribution in [1.82, 2.24) is 14.0 Å². The van der Waals surface area contributed by atoms with Gasteiger partial charge in [-0.1, -0.05) is 49.1 Å². The molecule has 280 valence electrons. The van der Waals surface area contributed by atoms with Crippen LogP contribution in [0.15, 0.2) is 60.6 Å². The third-order valence-electron chi connectivity index (χ3n) is 9.33. The molecular formula is C32H36Br2ClF3N4O6S3.